The molecular formula is C10H16FeN2O6S2. The fourth-order valence-corrected chi connectivity index (χ4v) is 1.33. The molecule has 0 unspecified atom stereocenters. The van der Waals surface area contributed by atoms with Gasteiger partial charge in [-0.05, 0) is 0 Å². The third kappa shape index (κ3) is 15.3. The van der Waals surface area contributed by atoms with Crippen molar-refractivity contribution in [2.45, 2.75) is 25.9 Å². The molecule has 0 aliphatic rings. The van der Waals surface area contributed by atoms with Crippen LogP contribution >= 0.6 is 25.3 Å². The van der Waals surface area contributed by atoms with E-state index in [0.29, 0.717) is 0 Å². The van der Waals surface area contributed by atoms with E-state index in [0.717, 1.165) is 0 Å². The molecular weight excluding hydrogens is 364 g/mol. The fraction of sp³-hybridized carbons (Fsp3) is 0.600. The smallest absolute Gasteiger partial charge is 0.548 e. The van der Waals surface area contributed by atoms with Gasteiger partial charge in [-0.2, -0.15) is 25.3 Å². The van der Waals surface area contributed by atoms with Gasteiger partial charge < -0.3 is 30.4 Å². The zero-order chi connectivity index (χ0) is 16.3. The first-order chi connectivity index (χ1) is 9.15. The molecule has 0 fully saturated rings. The van der Waals surface area contributed by atoms with E-state index < -0.39 is 35.8 Å². The molecule has 11 heteroatoms. The maximum atomic E-state index is 10.3. The van der Waals surface area contributed by atoms with Gasteiger partial charge in [0.05, 0.1) is 24.0 Å². The number of aliphatic carboxylic acids is 2. The van der Waals surface area contributed by atoms with Gasteiger partial charge in [0.25, 0.3) is 0 Å². The van der Waals surface area contributed by atoms with E-state index in [9.17, 15) is 29.4 Å². The number of carbonyl (C=O) groups is 4. The summed E-state index contributed by atoms with van der Waals surface area (Å²) in [5, 5.41) is 24.5. The second-order valence-electron chi connectivity index (χ2n) is 3.51. The van der Waals surface area contributed by atoms with E-state index in [1.165, 1.54) is 13.8 Å². The maximum Gasteiger partial charge on any atom is 2.00 e. The molecule has 0 aromatic rings. The molecule has 8 nitrogen and oxygen atoms in total. The standard InChI is InChI=1S/2C5H9NO3S.Fe/c2*1-3(7)6-4(2-10)5(8)9;/h2*4,10H,2H2,1H3,(H,6,7)(H,8,9);/q;;+2/p-2/t2*4-;/m00./s1. The van der Waals surface area contributed by atoms with E-state index in [-0.39, 0.29) is 28.6 Å². The van der Waals surface area contributed by atoms with Gasteiger partial charge in [0.1, 0.15) is 0 Å². The van der Waals surface area contributed by atoms with Crippen LogP contribution in [0.15, 0.2) is 0 Å². The molecule has 0 aliphatic carbocycles. The van der Waals surface area contributed by atoms with Gasteiger partial charge in [-0.3, -0.25) is 9.59 Å². The topological polar surface area (TPSA) is 138 Å². The number of rotatable bonds is 6. The predicted octanol–water partition coefficient (Wildman–Crippen LogP) is -3.66. The van der Waals surface area contributed by atoms with E-state index >= 15 is 0 Å². The van der Waals surface area contributed by atoms with E-state index in [4.69, 9.17) is 0 Å². The van der Waals surface area contributed by atoms with Gasteiger partial charge in [0.2, 0.25) is 11.8 Å². The minimum atomic E-state index is -1.31. The van der Waals surface area contributed by atoms with Crippen LogP contribution in [-0.2, 0) is 36.2 Å². The molecule has 0 heterocycles. The molecule has 2 atom stereocenters. The normalized spacial score (nSPS) is 11.6. The molecule has 0 aromatic carbocycles. The molecule has 0 saturated heterocycles. The van der Waals surface area contributed by atoms with Gasteiger partial charge in [-0.1, -0.05) is 0 Å². The molecule has 0 spiro atoms. The molecule has 122 valence electrons. The number of carboxylic acid groups (broad SMARTS) is 2. The second-order valence-corrected chi connectivity index (χ2v) is 4.24. The van der Waals surface area contributed by atoms with Crippen molar-refractivity contribution in [2.24, 2.45) is 0 Å². The molecule has 0 radical (unpaired) electrons. The molecule has 2 N–H and O–H groups in total. The van der Waals surface area contributed by atoms with Crippen LogP contribution in [0.2, 0.25) is 0 Å². The quantitative estimate of drug-likeness (QED) is 0.277. The fourth-order valence-electron chi connectivity index (χ4n) is 0.849. The first-order valence-corrected chi connectivity index (χ1v) is 6.59. The van der Waals surface area contributed by atoms with E-state index in [1.807, 2.05) is 0 Å². The Labute approximate surface area is 143 Å². The summed E-state index contributed by atoms with van der Waals surface area (Å²) in [4.78, 5) is 40.7. The average molecular weight is 380 g/mol. The van der Waals surface area contributed by atoms with Crippen LogP contribution in [-0.4, -0.2) is 47.3 Å². The summed E-state index contributed by atoms with van der Waals surface area (Å²) in [7, 11) is 0. The van der Waals surface area contributed by atoms with Crippen molar-refractivity contribution in [1.29, 1.82) is 0 Å². The van der Waals surface area contributed by atoms with Crippen molar-refractivity contribution in [2.75, 3.05) is 11.5 Å². The summed E-state index contributed by atoms with van der Waals surface area (Å²) in [6.45, 7) is 2.47. The van der Waals surface area contributed by atoms with Gasteiger partial charge in [0.15, 0.2) is 0 Å². The van der Waals surface area contributed by atoms with Crippen LogP contribution in [0.5, 0.6) is 0 Å². The summed E-state index contributed by atoms with van der Waals surface area (Å²) in [5.41, 5.74) is 0. The number of nitrogens with one attached hydrogen (secondary N) is 2. The molecule has 21 heavy (non-hydrogen) atoms. The van der Waals surface area contributed by atoms with Crippen LogP contribution in [0.25, 0.3) is 0 Å². The van der Waals surface area contributed by atoms with Gasteiger partial charge >= 0.3 is 17.1 Å². The maximum absolute atomic E-state index is 10.3. The minimum absolute atomic E-state index is 0. The Morgan fingerprint density at radius 1 is 0.857 bits per heavy atom. The second kappa shape index (κ2) is 14.1. The Morgan fingerprint density at radius 2 is 1.10 bits per heavy atom. The zero-order valence-electron chi connectivity index (χ0n) is 11.3. The SMILES string of the molecule is CC(=O)N[C@@H](CS)C(=O)[O-].CC(=O)N[C@@H](CS)C(=O)[O-].[Fe+2]. The Kier molecular flexibility index (Phi) is 16.8. The number of amides is 2. The first kappa shape index (κ1) is 25.1. The largest absolute Gasteiger partial charge is 2.00 e. The number of hydrogen-bond acceptors (Lipinski definition) is 8. The summed E-state index contributed by atoms with van der Waals surface area (Å²) in [6, 6.07) is -1.97. The third-order valence-electron chi connectivity index (χ3n) is 1.69. The molecule has 2 amide bonds. The Hall–Kier alpha value is -0.901. The number of carbonyl (C=O) groups excluding carboxylic acids is 4. The van der Waals surface area contributed by atoms with E-state index in [1.54, 1.807) is 0 Å². The number of carboxylic acids is 2. The summed E-state index contributed by atoms with van der Waals surface area (Å²) in [5.74, 6) is -3.34. The average Bonchev–Trinajstić information content (AvgIpc) is 2.32. The van der Waals surface area contributed by atoms with Crippen molar-refractivity contribution in [3.05, 3.63) is 0 Å². The van der Waals surface area contributed by atoms with Gasteiger partial charge in [0, 0.05) is 25.4 Å². The van der Waals surface area contributed by atoms with Gasteiger partial charge in [-0.25, -0.2) is 0 Å². The Balaban J connectivity index is -0.000000295. The summed E-state index contributed by atoms with van der Waals surface area (Å²) < 4.78 is 0. The number of thiol groups is 2. The van der Waals surface area contributed by atoms with Crippen LogP contribution in [0, 0.1) is 0 Å². The van der Waals surface area contributed by atoms with Crippen LogP contribution < -0.4 is 20.8 Å². The molecule has 0 rings (SSSR count). The van der Waals surface area contributed by atoms with Crippen LogP contribution in [0.3, 0.4) is 0 Å². The zero-order valence-corrected chi connectivity index (χ0v) is 14.2. The van der Waals surface area contributed by atoms with Crippen molar-refractivity contribution in [1.82, 2.24) is 10.6 Å². The summed E-state index contributed by atoms with van der Waals surface area (Å²) in [6.07, 6.45) is 0. The Bertz CT molecular complexity index is 335. The molecule has 0 aliphatic heterocycles. The minimum Gasteiger partial charge on any atom is -0.548 e. The van der Waals surface area contributed by atoms with E-state index in [2.05, 4.69) is 35.9 Å². The molecule has 0 aromatic heterocycles. The van der Waals surface area contributed by atoms with Crippen molar-refractivity contribution >= 4 is 49.0 Å². The van der Waals surface area contributed by atoms with Crippen molar-refractivity contribution < 1.29 is 46.5 Å². The molecule has 0 saturated carbocycles. The summed E-state index contributed by atoms with van der Waals surface area (Å²) >= 11 is 7.39. The monoisotopic (exact) mass is 380 g/mol. The Morgan fingerprint density at radius 3 is 1.14 bits per heavy atom. The molecule has 0 bridgehead atoms. The van der Waals surface area contributed by atoms with Crippen molar-refractivity contribution in [3.63, 3.8) is 0 Å². The predicted molar refractivity (Wildman–Crippen MR) is 72.9 cm³/mol. The number of hydrogen-bond donors (Lipinski definition) is 4. The third-order valence-corrected chi connectivity index (χ3v) is 2.42. The first-order valence-electron chi connectivity index (χ1n) is 5.33. The van der Waals surface area contributed by atoms with Crippen molar-refractivity contribution in [3.8, 4) is 0 Å². The van der Waals surface area contributed by atoms with Gasteiger partial charge in [-0.15, -0.1) is 0 Å². The van der Waals surface area contributed by atoms with Crippen LogP contribution in [0.4, 0.5) is 0 Å². The van der Waals surface area contributed by atoms with Crippen LogP contribution in [0.1, 0.15) is 13.8 Å².